The number of rotatable bonds is 6. The lowest BCUT2D eigenvalue weighted by atomic mass is 10.2. The molecular weight excluding hydrogens is 475 g/mol. The van der Waals surface area contributed by atoms with Gasteiger partial charge in [-0.15, -0.1) is 6.42 Å². The summed E-state index contributed by atoms with van der Waals surface area (Å²) in [5.41, 5.74) is 0.623. The number of nitrogens with zero attached hydrogens (tertiary/aromatic N) is 1. The lowest BCUT2D eigenvalue weighted by molar-refractivity contribution is -0.127. The van der Waals surface area contributed by atoms with Crippen LogP contribution in [0.15, 0.2) is 51.8 Å². The smallest absolute Gasteiger partial charge is 0.294 e. The molecule has 1 heterocycles. The molecule has 0 radical (unpaired) electrons. The summed E-state index contributed by atoms with van der Waals surface area (Å²) in [5, 5.41) is 1.77. The van der Waals surface area contributed by atoms with Crippen LogP contribution in [0.1, 0.15) is 5.56 Å². The summed E-state index contributed by atoms with van der Waals surface area (Å²) < 4.78 is 19.6. The van der Waals surface area contributed by atoms with E-state index in [1.54, 1.807) is 24.3 Å². The third kappa shape index (κ3) is 5.09. The van der Waals surface area contributed by atoms with Crippen molar-refractivity contribution in [2.24, 2.45) is 0 Å². The number of benzene rings is 2. The molecule has 1 N–H and O–H groups in total. The van der Waals surface area contributed by atoms with Gasteiger partial charge in [-0.25, -0.2) is 4.39 Å². The molecule has 0 spiro atoms. The molecular formula is C21H14BrFN2O4S. The molecule has 0 bridgehead atoms. The Kier molecular flexibility index (Phi) is 6.92. The van der Waals surface area contributed by atoms with Gasteiger partial charge in [0, 0.05) is 0 Å². The molecule has 152 valence electrons. The van der Waals surface area contributed by atoms with Crippen molar-refractivity contribution < 1.29 is 23.5 Å². The molecule has 1 saturated heterocycles. The van der Waals surface area contributed by atoms with Crippen LogP contribution in [-0.4, -0.2) is 35.1 Å². The van der Waals surface area contributed by atoms with Crippen LogP contribution in [-0.2, 0) is 9.59 Å². The number of amides is 3. The first-order chi connectivity index (χ1) is 14.4. The zero-order valence-electron chi connectivity index (χ0n) is 15.4. The van der Waals surface area contributed by atoms with Crippen LogP contribution < -0.4 is 10.1 Å². The minimum Gasteiger partial charge on any atom is -0.480 e. The van der Waals surface area contributed by atoms with Gasteiger partial charge >= 0.3 is 0 Å². The maximum absolute atomic E-state index is 13.7. The normalized spacial score (nSPS) is 14.7. The molecule has 0 aliphatic carbocycles. The summed E-state index contributed by atoms with van der Waals surface area (Å²) in [6, 6.07) is 10.7. The second-order valence-electron chi connectivity index (χ2n) is 5.98. The van der Waals surface area contributed by atoms with Gasteiger partial charge in [0.1, 0.15) is 24.7 Å². The third-order valence-corrected chi connectivity index (χ3v) is 5.42. The topological polar surface area (TPSA) is 75.7 Å². The number of carbonyl (C=O) groups is 3. The largest absolute Gasteiger partial charge is 0.480 e. The summed E-state index contributed by atoms with van der Waals surface area (Å²) in [7, 11) is 0. The van der Waals surface area contributed by atoms with Crippen LogP contribution in [0.5, 0.6) is 5.75 Å². The number of hydrogen-bond donors (Lipinski definition) is 1. The Morgan fingerprint density at radius 2 is 2.07 bits per heavy atom. The van der Waals surface area contributed by atoms with Crippen molar-refractivity contribution in [2.75, 3.05) is 18.5 Å². The van der Waals surface area contributed by atoms with Crippen molar-refractivity contribution in [3.63, 3.8) is 0 Å². The van der Waals surface area contributed by atoms with E-state index in [-0.39, 0.29) is 17.2 Å². The van der Waals surface area contributed by atoms with Gasteiger partial charge in [-0.3, -0.25) is 19.3 Å². The molecule has 0 atom stereocenters. The van der Waals surface area contributed by atoms with Crippen molar-refractivity contribution >= 4 is 56.5 Å². The maximum atomic E-state index is 13.7. The SMILES string of the molecule is C#CCOc1ccc(C=C2SC(=O)N(CC(=O)Nc3ccccc3F)C2=O)cc1Br. The van der Waals surface area contributed by atoms with Crippen molar-refractivity contribution in [1.82, 2.24) is 4.90 Å². The molecule has 0 unspecified atom stereocenters. The number of thioether (sulfide) groups is 1. The highest BCUT2D eigenvalue weighted by Gasteiger charge is 2.36. The molecule has 3 rings (SSSR count). The Balaban J connectivity index is 1.70. The van der Waals surface area contributed by atoms with Crippen molar-refractivity contribution in [1.29, 1.82) is 0 Å². The first kappa shape index (κ1) is 21.6. The maximum Gasteiger partial charge on any atom is 0.294 e. The standard InChI is InChI=1S/C21H14BrFN2O4S/c1-2-9-29-17-8-7-13(10-14(17)22)11-18-20(27)25(21(28)30-18)12-19(26)24-16-6-4-3-5-15(16)23/h1,3-8,10-11H,9,12H2,(H,24,26). The van der Waals surface area contributed by atoms with E-state index in [4.69, 9.17) is 11.2 Å². The number of terminal acetylenes is 1. The monoisotopic (exact) mass is 488 g/mol. The number of hydrogen-bond acceptors (Lipinski definition) is 5. The molecule has 0 aromatic heterocycles. The molecule has 3 amide bonds. The molecule has 2 aromatic carbocycles. The summed E-state index contributed by atoms with van der Waals surface area (Å²) >= 11 is 4.08. The number of carbonyl (C=O) groups excluding carboxylic acids is 3. The fourth-order valence-corrected chi connectivity index (χ4v) is 3.88. The van der Waals surface area contributed by atoms with Crippen molar-refractivity contribution in [3.05, 3.63) is 63.2 Å². The van der Waals surface area contributed by atoms with Crippen LogP contribution in [0, 0.1) is 18.2 Å². The average molecular weight is 489 g/mol. The highest BCUT2D eigenvalue weighted by atomic mass is 79.9. The number of para-hydroxylation sites is 1. The first-order valence-corrected chi connectivity index (χ1v) is 10.2. The van der Waals surface area contributed by atoms with Gasteiger partial charge in [-0.05, 0) is 63.6 Å². The minimum atomic E-state index is -0.679. The number of anilines is 1. The molecule has 30 heavy (non-hydrogen) atoms. The van der Waals surface area contributed by atoms with Gasteiger partial charge in [0.2, 0.25) is 5.91 Å². The lowest BCUT2D eigenvalue weighted by Crippen LogP contribution is -2.36. The van der Waals surface area contributed by atoms with Crippen LogP contribution in [0.25, 0.3) is 6.08 Å². The predicted octanol–water partition coefficient (Wildman–Crippen LogP) is 4.28. The van der Waals surface area contributed by atoms with Gasteiger partial charge in [0.05, 0.1) is 15.1 Å². The number of halogens is 2. The minimum absolute atomic E-state index is 0.0259. The highest BCUT2D eigenvalue weighted by molar-refractivity contribution is 9.10. The molecule has 9 heteroatoms. The van der Waals surface area contributed by atoms with Crippen molar-refractivity contribution in [3.8, 4) is 18.1 Å². The van der Waals surface area contributed by atoms with Gasteiger partial charge in [-0.2, -0.15) is 0 Å². The Bertz CT molecular complexity index is 1100. The van der Waals surface area contributed by atoms with E-state index in [1.807, 2.05) is 0 Å². The quantitative estimate of drug-likeness (QED) is 0.485. The Morgan fingerprint density at radius 3 is 2.77 bits per heavy atom. The van der Waals surface area contributed by atoms with E-state index in [0.717, 1.165) is 16.7 Å². The van der Waals surface area contributed by atoms with Crippen LogP contribution in [0.2, 0.25) is 0 Å². The van der Waals surface area contributed by atoms with E-state index in [1.165, 1.54) is 24.3 Å². The van der Waals surface area contributed by atoms with Crippen LogP contribution >= 0.6 is 27.7 Å². The summed E-state index contributed by atoms with van der Waals surface area (Å²) in [4.78, 5) is 37.9. The molecule has 1 aliphatic heterocycles. The molecule has 0 saturated carbocycles. The number of nitrogens with one attached hydrogen (secondary N) is 1. The highest BCUT2D eigenvalue weighted by Crippen LogP contribution is 2.33. The average Bonchev–Trinajstić information content (AvgIpc) is 2.96. The first-order valence-electron chi connectivity index (χ1n) is 8.54. The fourth-order valence-electron chi connectivity index (χ4n) is 2.53. The molecule has 1 fully saturated rings. The Labute approximate surface area is 184 Å². The Hall–Kier alpha value is -3.09. The van der Waals surface area contributed by atoms with E-state index >= 15 is 0 Å². The Morgan fingerprint density at radius 1 is 1.30 bits per heavy atom. The van der Waals surface area contributed by atoms with Crippen LogP contribution in [0.3, 0.4) is 0 Å². The van der Waals surface area contributed by atoms with E-state index in [9.17, 15) is 18.8 Å². The van der Waals surface area contributed by atoms with Gasteiger partial charge in [-0.1, -0.05) is 24.1 Å². The summed E-state index contributed by atoms with van der Waals surface area (Å²) in [5.74, 6) is 1.02. The molecule has 2 aromatic rings. The number of imide groups is 1. The second kappa shape index (κ2) is 9.61. The van der Waals surface area contributed by atoms with Gasteiger partial charge in [0.25, 0.3) is 11.1 Å². The molecule has 6 nitrogen and oxygen atoms in total. The second-order valence-corrected chi connectivity index (χ2v) is 7.83. The van der Waals surface area contributed by atoms with E-state index in [2.05, 4.69) is 27.2 Å². The summed E-state index contributed by atoms with van der Waals surface area (Å²) in [6.07, 6.45) is 6.70. The fraction of sp³-hybridized carbons (Fsp3) is 0.0952. The van der Waals surface area contributed by atoms with Crippen LogP contribution in [0.4, 0.5) is 14.9 Å². The predicted molar refractivity (Wildman–Crippen MR) is 116 cm³/mol. The van der Waals surface area contributed by atoms with Gasteiger partial charge < -0.3 is 10.1 Å². The van der Waals surface area contributed by atoms with Gasteiger partial charge in [0.15, 0.2) is 0 Å². The number of ether oxygens (including phenoxy) is 1. The lowest BCUT2D eigenvalue weighted by Gasteiger charge is -2.12. The third-order valence-electron chi connectivity index (χ3n) is 3.89. The zero-order chi connectivity index (χ0) is 21.7. The van der Waals surface area contributed by atoms with E-state index < -0.39 is 29.4 Å². The van der Waals surface area contributed by atoms with E-state index in [0.29, 0.717) is 15.8 Å². The van der Waals surface area contributed by atoms with Crippen molar-refractivity contribution in [2.45, 2.75) is 0 Å². The zero-order valence-corrected chi connectivity index (χ0v) is 17.8. The molecule has 1 aliphatic rings. The summed E-state index contributed by atoms with van der Waals surface area (Å²) in [6.45, 7) is -0.398.